The Morgan fingerprint density at radius 2 is 0.769 bits per heavy atom. The van der Waals surface area contributed by atoms with E-state index >= 15 is 0 Å². The highest BCUT2D eigenvalue weighted by atomic mass is 31.3. The highest BCUT2D eigenvalue weighted by molar-refractivity contribution is 7.60. The number of hydrogen-bond acceptors (Lipinski definition) is 10. The molecule has 0 bridgehead atoms. The first-order valence-corrected chi connectivity index (χ1v) is 9.96. The highest BCUT2D eigenvalue weighted by Gasteiger charge is 2.27. The molecule has 0 atom stereocenters. The fourth-order valence-corrected chi connectivity index (χ4v) is 1.25. The molecule has 0 aromatic carbocycles. The molecule has 11 N–H and O–H groups in total. The minimum atomic E-state index is -5.05. The zero-order valence-electron chi connectivity index (χ0n) is 12.9. The van der Waals surface area contributed by atoms with Crippen LogP contribution in [0, 0.1) is 0 Å². The average molecular weight is 456 g/mol. The minimum absolute atomic E-state index is 0.630. The van der Waals surface area contributed by atoms with Crippen LogP contribution in [-0.4, -0.2) is 78.8 Å². The standard InChI is InChI=1S/2C3H6O3.H4O7P2.H3O4P/c2*1-2(4)3(5)6;1-8(2,3)7-9(4,5)6;1-5(2,3)4/h2*3,5-6H,1H3;(H2,1,2,3)(H2,4,5,6);(H3,1,2,3,4). The van der Waals surface area contributed by atoms with E-state index in [0.717, 1.165) is 13.8 Å². The molecule has 0 aliphatic heterocycles. The van der Waals surface area contributed by atoms with Crippen molar-refractivity contribution in [2.75, 3.05) is 0 Å². The van der Waals surface area contributed by atoms with Crippen LogP contribution in [-0.2, 0) is 27.6 Å². The lowest BCUT2D eigenvalue weighted by Gasteiger charge is -2.03. The predicted molar refractivity (Wildman–Crippen MR) is 77.2 cm³/mol. The Kier molecular flexibility index (Phi) is 18.6. The molecule has 160 valence electrons. The first-order chi connectivity index (χ1) is 11.0. The van der Waals surface area contributed by atoms with E-state index in [9.17, 15) is 18.7 Å². The van der Waals surface area contributed by atoms with Crippen LogP contribution in [0.25, 0.3) is 0 Å². The molecule has 0 heterocycles. The van der Waals surface area contributed by atoms with Gasteiger partial charge in [0.15, 0.2) is 11.6 Å². The monoisotopic (exact) mass is 456 g/mol. The number of aliphatic hydroxyl groups is 4. The van der Waals surface area contributed by atoms with Crippen LogP contribution in [0.4, 0.5) is 0 Å². The second-order valence-electron chi connectivity index (χ2n) is 3.54. The van der Waals surface area contributed by atoms with Crippen molar-refractivity contribution in [3.63, 3.8) is 0 Å². The Labute approximate surface area is 144 Å². The summed E-state index contributed by atoms with van der Waals surface area (Å²) < 4.78 is 31.1. The number of aliphatic hydroxyl groups excluding tert-OH is 2. The van der Waals surface area contributed by atoms with E-state index in [1.165, 1.54) is 0 Å². The van der Waals surface area contributed by atoms with Crippen LogP contribution in [0.1, 0.15) is 13.8 Å². The van der Waals surface area contributed by atoms with E-state index in [0.29, 0.717) is 0 Å². The van der Waals surface area contributed by atoms with Crippen LogP contribution in [0.3, 0.4) is 0 Å². The highest BCUT2D eigenvalue weighted by Crippen LogP contribution is 2.53. The van der Waals surface area contributed by atoms with Crippen LogP contribution < -0.4 is 0 Å². The number of ketones is 2. The molecule has 20 heteroatoms. The molecule has 0 saturated carbocycles. The first kappa shape index (κ1) is 33.2. The fourth-order valence-electron chi connectivity index (χ4n) is 0.139. The second kappa shape index (κ2) is 14.6. The van der Waals surface area contributed by atoms with E-state index in [-0.39, 0.29) is 0 Å². The van der Waals surface area contributed by atoms with E-state index in [4.69, 9.17) is 59.2 Å². The number of Topliss-reactive ketones (excluding diaryl/α,β-unsaturated/α-hetero) is 2. The van der Waals surface area contributed by atoms with E-state index in [1.54, 1.807) is 0 Å². The third-order valence-electron chi connectivity index (χ3n) is 0.940. The van der Waals surface area contributed by atoms with Gasteiger partial charge in [-0.2, -0.15) is 4.31 Å². The molecule has 0 aliphatic rings. The van der Waals surface area contributed by atoms with Gasteiger partial charge in [0.1, 0.15) is 0 Å². The Bertz CT molecular complexity index is 488. The van der Waals surface area contributed by atoms with Crippen molar-refractivity contribution in [2.24, 2.45) is 0 Å². The van der Waals surface area contributed by atoms with E-state index in [2.05, 4.69) is 4.31 Å². The Hall–Kier alpha value is -0.450. The minimum Gasteiger partial charge on any atom is -0.362 e. The molecule has 26 heavy (non-hydrogen) atoms. The van der Waals surface area contributed by atoms with Crippen molar-refractivity contribution in [2.45, 2.75) is 26.4 Å². The first-order valence-electron chi connectivity index (χ1n) is 5.33. The summed E-state index contributed by atoms with van der Waals surface area (Å²) >= 11 is 0. The molecule has 0 spiro atoms. The van der Waals surface area contributed by atoms with Gasteiger partial charge in [-0.3, -0.25) is 9.59 Å². The quantitative estimate of drug-likeness (QED) is 0.142. The van der Waals surface area contributed by atoms with Crippen molar-refractivity contribution in [3.05, 3.63) is 0 Å². The van der Waals surface area contributed by atoms with Gasteiger partial charge in [-0.15, -0.1) is 0 Å². The number of phosphoric acid groups is 3. The fraction of sp³-hybridized carbons (Fsp3) is 0.667. The molecule has 0 aromatic heterocycles. The van der Waals surface area contributed by atoms with Crippen LogP contribution in [0.15, 0.2) is 0 Å². The Balaban J connectivity index is -0.000000128. The van der Waals surface area contributed by atoms with Gasteiger partial charge in [-0.25, -0.2) is 13.7 Å². The zero-order valence-corrected chi connectivity index (χ0v) is 15.5. The summed E-state index contributed by atoms with van der Waals surface area (Å²) in [4.78, 5) is 71.8. The van der Waals surface area contributed by atoms with Gasteiger partial charge < -0.3 is 54.7 Å². The maximum atomic E-state index is 9.64. The topological polar surface area (TPSA) is 317 Å². The Morgan fingerprint density at radius 1 is 0.654 bits per heavy atom. The molecule has 0 saturated heterocycles. The third-order valence-corrected chi connectivity index (χ3v) is 2.64. The molecule has 0 amide bonds. The van der Waals surface area contributed by atoms with Crippen molar-refractivity contribution in [3.8, 4) is 0 Å². The maximum absolute atomic E-state index is 9.64. The van der Waals surface area contributed by atoms with E-state index in [1.807, 2.05) is 0 Å². The SMILES string of the molecule is CC(=O)C(O)O.CC(=O)C(O)O.O=P(O)(O)O.O=P(O)(O)OP(=O)(O)O. The summed E-state index contributed by atoms with van der Waals surface area (Å²) in [6, 6.07) is 0. The largest absolute Gasteiger partial charge is 0.478 e. The van der Waals surface area contributed by atoms with Gasteiger partial charge >= 0.3 is 23.5 Å². The molecular weight excluding hydrogens is 437 g/mol. The average Bonchev–Trinajstić information content (AvgIpc) is 2.22. The number of carbonyl (C=O) groups excluding carboxylic acids is 2. The normalized spacial score (nSPS) is 11.3. The molecule has 0 aromatic rings. The lowest BCUT2D eigenvalue weighted by molar-refractivity contribution is -0.142. The summed E-state index contributed by atoms with van der Waals surface area (Å²) in [5.41, 5.74) is 0. The molecule has 0 aliphatic carbocycles. The van der Waals surface area contributed by atoms with Gasteiger partial charge in [0.2, 0.25) is 12.6 Å². The van der Waals surface area contributed by atoms with Crippen molar-refractivity contribution in [1.82, 2.24) is 0 Å². The zero-order chi connectivity index (χ0) is 22.5. The van der Waals surface area contributed by atoms with Crippen molar-refractivity contribution < 1.29 is 82.3 Å². The molecule has 17 nitrogen and oxygen atoms in total. The van der Waals surface area contributed by atoms with Crippen LogP contribution in [0.2, 0.25) is 0 Å². The third kappa shape index (κ3) is 65.2. The molecule has 0 fully saturated rings. The number of hydrogen-bond donors (Lipinski definition) is 11. The van der Waals surface area contributed by atoms with Crippen LogP contribution in [0.5, 0.6) is 0 Å². The van der Waals surface area contributed by atoms with Crippen molar-refractivity contribution in [1.29, 1.82) is 0 Å². The lowest BCUT2D eigenvalue weighted by atomic mass is 10.4. The van der Waals surface area contributed by atoms with Gasteiger partial charge in [0.25, 0.3) is 0 Å². The summed E-state index contributed by atoms with van der Waals surface area (Å²) in [5.74, 6) is -1.26. The maximum Gasteiger partial charge on any atom is 0.478 e. The van der Waals surface area contributed by atoms with Crippen molar-refractivity contribution >= 4 is 35.0 Å². The van der Waals surface area contributed by atoms with Crippen LogP contribution >= 0.6 is 23.5 Å². The summed E-state index contributed by atoms with van der Waals surface area (Å²) in [7, 11) is -14.7. The smallest absolute Gasteiger partial charge is 0.362 e. The predicted octanol–water partition coefficient (Wildman–Crippen LogP) is -3.97. The summed E-state index contributed by atoms with van der Waals surface area (Å²) in [5, 5.41) is 31.3. The summed E-state index contributed by atoms with van der Waals surface area (Å²) in [6.45, 7) is 2.20. The van der Waals surface area contributed by atoms with Gasteiger partial charge in [-0.05, 0) is 13.8 Å². The van der Waals surface area contributed by atoms with Gasteiger partial charge in [0.05, 0.1) is 0 Å². The molecule has 0 radical (unpaired) electrons. The van der Waals surface area contributed by atoms with Gasteiger partial charge in [-0.1, -0.05) is 0 Å². The van der Waals surface area contributed by atoms with E-state index < -0.39 is 47.6 Å². The molecular formula is C6H19O17P3. The summed E-state index contributed by atoms with van der Waals surface area (Å²) in [6.07, 6.45) is -3.57. The number of carbonyl (C=O) groups is 2. The molecule has 0 rings (SSSR count). The van der Waals surface area contributed by atoms with Gasteiger partial charge in [0, 0.05) is 0 Å². The lowest BCUT2D eigenvalue weighted by Crippen LogP contribution is -2.14. The second-order valence-corrected chi connectivity index (χ2v) is 7.19. The number of rotatable bonds is 4. The Morgan fingerprint density at radius 3 is 0.769 bits per heavy atom. The molecule has 0 unspecified atom stereocenters.